The van der Waals surface area contributed by atoms with Crippen molar-refractivity contribution in [2.75, 3.05) is 14.1 Å². The molecule has 0 aromatic carbocycles. The molecule has 8 heteroatoms. The summed E-state index contributed by atoms with van der Waals surface area (Å²) in [6.07, 6.45) is 2.47. The maximum atomic E-state index is 13.0. The highest BCUT2D eigenvalue weighted by Crippen LogP contribution is 2.30. The third kappa shape index (κ3) is 11.0. The highest BCUT2D eigenvalue weighted by atomic mass is 32.2. The predicted octanol–water partition coefficient (Wildman–Crippen LogP) is 3.78. The van der Waals surface area contributed by atoms with Gasteiger partial charge in [0, 0.05) is 0 Å². The van der Waals surface area contributed by atoms with Gasteiger partial charge in [-0.2, -0.15) is 17.2 Å². The number of halogens is 3. The summed E-state index contributed by atoms with van der Waals surface area (Å²) < 4.78 is 67.3. The molecule has 0 aromatic rings. The molecular formula is C13H28F3NO3S. The Morgan fingerprint density at radius 2 is 1.43 bits per heavy atom. The average molecular weight is 335 g/mol. The summed E-state index contributed by atoms with van der Waals surface area (Å²) >= 11 is 0. The molecule has 0 aliphatic heterocycles. The molecule has 0 saturated heterocycles. The molecule has 0 heterocycles. The molecule has 0 bridgehead atoms. The SMILES string of the molecule is CCCCCCCCCC(F)C(F)(F)S(=O)(=O)O.CNC. The van der Waals surface area contributed by atoms with Crippen LogP contribution in [0.2, 0.25) is 0 Å². The van der Waals surface area contributed by atoms with E-state index in [1.54, 1.807) is 0 Å². The van der Waals surface area contributed by atoms with E-state index >= 15 is 0 Å². The van der Waals surface area contributed by atoms with Crippen molar-refractivity contribution in [1.82, 2.24) is 5.32 Å². The normalized spacial score (nSPS) is 13.5. The summed E-state index contributed by atoms with van der Waals surface area (Å²) in [5.41, 5.74) is 0. The summed E-state index contributed by atoms with van der Waals surface area (Å²) in [4.78, 5) is 0. The van der Waals surface area contributed by atoms with Crippen molar-refractivity contribution in [3.05, 3.63) is 0 Å². The van der Waals surface area contributed by atoms with Crippen molar-refractivity contribution in [2.45, 2.75) is 69.7 Å². The molecule has 0 aliphatic carbocycles. The van der Waals surface area contributed by atoms with E-state index in [2.05, 4.69) is 12.2 Å². The van der Waals surface area contributed by atoms with E-state index < -0.39 is 28.0 Å². The maximum absolute atomic E-state index is 13.0. The minimum atomic E-state index is -5.66. The molecule has 1 atom stereocenters. The van der Waals surface area contributed by atoms with Gasteiger partial charge >= 0.3 is 15.4 Å². The van der Waals surface area contributed by atoms with E-state index in [-0.39, 0.29) is 6.42 Å². The molecule has 0 amide bonds. The summed E-state index contributed by atoms with van der Waals surface area (Å²) in [7, 11) is -1.91. The molecule has 1 unspecified atom stereocenters. The largest absolute Gasteiger partial charge is 0.400 e. The Kier molecular flexibility index (Phi) is 13.4. The van der Waals surface area contributed by atoms with Gasteiger partial charge in [0.25, 0.3) is 0 Å². The van der Waals surface area contributed by atoms with Crippen molar-refractivity contribution in [3.8, 4) is 0 Å². The summed E-state index contributed by atoms with van der Waals surface area (Å²) in [6, 6.07) is 0. The fraction of sp³-hybridized carbons (Fsp3) is 1.00. The van der Waals surface area contributed by atoms with Gasteiger partial charge in [0.1, 0.15) is 0 Å². The lowest BCUT2D eigenvalue weighted by Gasteiger charge is -2.17. The number of alkyl halides is 3. The first-order valence-corrected chi connectivity index (χ1v) is 8.66. The van der Waals surface area contributed by atoms with Crippen LogP contribution >= 0.6 is 0 Å². The Balaban J connectivity index is 0. The summed E-state index contributed by atoms with van der Waals surface area (Å²) in [5, 5.41) is -1.95. The van der Waals surface area contributed by atoms with E-state index in [0.717, 1.165) is 32.1 Å². The minimum Gasteiger partial charge on any atom is -0.323 e. The van der Waals surface area contributed by atoms with Gasteiger partial charge in [0.05, 0.1) is 0 Å². The number of rotatable bonds is 10. The number of hydrogen-bond acceptors (Lipinski definition) is 3. The Morgan fingerprint density at radius 1 is 1.05 bits per heavy atom. The first-order valence-electron chi connectivity index (χ1n) is 7.22. The van der Waals surface area contributed by atoms with E-state index in [1.165, 1.54) is 0 Å². The average Bonchev–Trinajstić information content (AvgIpc) is 2.37. The lowest BCUT2D eigenvalue weighted by molar-refractivity contribution is -0.00709. The van der Waals surface area contributed by atoms with Crippen LogP contribution in [0, 0.1) is 0 Å². The lowest BCUT2D eigenvalue weighted by atomic mass is 10.1. The van der Waals surface area contributed by atoms with E-state index in [4.69, 9.17) is 4.55 Å². The third-order valence-corrected chi connectivity index (χ3v) is 3.71. The van der Waals surface area contributed by atoms with Crippen molar-refractivity contribution < 1.29 is 26.1 Å². The smallest absolute Gasteiger partial charge is 0.323 e. The highest BCUT2D eigenvalue weighted by molar-refractivity contribution is 7.86. The van der Waals surface area contributed by atoms with Crippen LogP contribution in [0.1, 0.15) is 58.3 Å². The van der Waals surface area contributed by atoms with Crippen LogP contribution in [-0.2, 0) is 10.1 Å². The first-order chi connectivity index (χ1) is 9.65. The fourth-order valence-corrected chi connectivity index (χ4v) is 2.05. The molecule has 0 aliphatic rings. The van der Waals surface area contributed by atoms with E-state index in [9.17, 15) is 21.6 Å². The van der Waals surface area contributed by atoms with Gasteiger partial charge in [-0.05, 0) is 20.5 Å². The van der Waals surface area contributed by atoms with Crippen LogP contribution in [0.15, 0.2) is 0 Å². The third-order valence-electron chi connectivity index (χ3n) is 2.77. The fourth-order valence-electron chi connectivity index (χ4n) is 1.61. The first kappa shape index (κ1) is 22.9. The maximum Gasteiger partial charge on any atom is 0.400 e. The monoisotopic (exact) mass is 335 g/mol. The molecular weight excluding hydrogens is 307 g/mol. The van der Waals surface area contributed by atoms with Gasteiger partial charge in [-0.3, -0.25) is 4.55 Å². The van der Waals surface area contributed by atoms with Gasteiger partial charge < -0.3 is 5.32 Å². The Labute approximate surface area is 126 Å². The van der Waals surface area contributed by atoms with Gasteiger partial charge in [-0.15, -0.1) is 0 Å². The number of unbranched alkanes of at least 4 members (excludes halogenated alkanes) is 6. The molecule has 0 saturated carbocycles. The van der Waals surface area contributed by atoms with Crippen LogP contribution in [0.3, 0.4) is 0 Å². The number of hydrogen-bond donors (Lipinski definition) is 2. The standard InChI is InChI=1S/C11H21F3O3S.C2H7N/c1-2-3-4-5-6-7-8-9-10(12)11(13,14)18(15,16)17;1-3-2/h10H,2-9H2,1H3,(H,15,16,17);3H,1-2H3. The Hall–Kier alpha value is -0.340. The van der Waals surface area contributed by atoms with Crippen LogP contribution in [0.5, 0.6) is 0 Å². The molecule has 0 fully saturated rings. The van der Waals surface area contributed by atoms with Gasteiger partial charge in [0.15, 0.2) is 6.17 Å². The van der Waals surface area contributed by atoms with Gasteiger partial charge in [-0.25, -0.2) is 4.39 Å². The zero-order chi connectivity index (χ0) is 16.9. The van der Waals surface area contributed by atoms with Crippen molar-refractivity contribution >= 4 is 10.1 Å². The lowest BCUT2D eigenvalue weighted by Crippen LogP contribution is -2.38. The summed E-state index contributed by atoms with van der Waals surface area (Å²) in [6.45, 7) is 2.07. The Bertz CT molecular complexity index is 338. The molecule has 0 aromatic heterocycles. The van der Waals surface area contributed by atoms with Crippen molar-refractivity contribution in [2.24, 2.45) is 0 Å². The second kappa shape index (κ2) is 12.2. The molecule has 21 heavy (non-hydrogen) atoms. The topological polar surface area (TPSA) is 66.4 Å². The molecule has 0 rings (SSSR count). The van der Waals surface area contributed by atoms with Gasteiger partial charge in [-0.1, -0.05) is 51.9 Å². The number of nitrogens with one attached hydrogen (secondary N) is 1. The molecule has 2 N–H and O–H groups in total. The second-order valence-electron chi connectivity index (χ2n) is 4.91. The van der Waals surface area contributed by atoms with Crippen molar-refractivity contribution in [3.63, 3.8) is 0 Å². The quantitative estimate of drug-likeness (QED) is 0.471. The van der Waals surface area contributed by atoms with E-state index in [0.29, 0.717) is 6.42 Å². The van der Waals surface area contributed by atoms with Crippen LogP contribution in [-0.4, -0.2) is 38.5 Å². The zero-order valence-electron chi connectivity index (χ0n) is 13.0. The minimum absolute atomic E-state index is 0.193. The molecule has 0 spiro atoms. The van der Waals surface area contributed by atoms with Crippen molar-refractivity contribution in [1.29, 1.82) is 0 Å². The van der Waals surface area contributed by atoms with Crippen LogP contribution < -0.4 is 5.32 Å². The Morgan fingerprint density at radius 3 is 1.81 bits per heavy atom. The molecule has 4 nitrogen and oxygen atoms in total. The van der Waals surface area contributed by atoms with Crippen LogP contribution in [0.4, 0.5) is 13.2 Å². The van der Waals surface area contributed by atoms with Crippen LogP contribution in [0.25, 0.3) is 0 Å². The zero-order valence-corrected chi connectivity index (χ0v) is 13.9. The molecule has 0 radical (unpaired) electrons. The summed E-state index contributed by atoms with van der Waals surface area (Å²) in [5.74, 6) is 0. The predicted molar refractivity (Wildman–Crippen MR) is 79.0 cm³/mol. The van der Waals surface area contributed by atoms with Gasteiger partial charge in [0.2, 0.25) is 0 Å². The molecule has 130 valence electrons. The highest BCUT2D eigenvalue weighted by Gasteiger charge is 2.52. The second-order valence-corrected chi connectivity index (χ2v) is 6.41. The van der Waals surface area contributed by atoms with E-state index in [1.807, 2.05) is 14.1 Å².